The lowest BCUT2D eigenvalue weighted by Gasteiger charge is -2.03. The van der Waals surface area contributed by atoms with E-state index >= 15 is 0 Å². The first-order valence-electron chi connectivity index (χ1n) is 4.23. The van der Waals surface area contributed by atoms with Gasteiger partial charge in [0.15, 0.2) is 0 Å². The van der Waals surface area contributed by atoms with Crippen molar-refractivity contribution in [2.45, 2.75) is 18.8 Å². The monoisotopic (exact) mass is 178 g/mol. The maximum Gasteiger partial charge on any atom is 0.0412 e. The summed E-state index contributed by atoms with van der Waals surface area (Å²) >= 11 is 5.87. The second-order valence-electron chi connectivity index (χ2n) is 3.25. The molecule has 0 bridgehead atoms. The molecule has 0 N–H and O–H groups in total. The van der Waals surface area contributed by atoms with E-state index in [1.54, 1.807) is 0 Å². The van der Waals surface area contributed by atoms with Crippen LogP contribution in [-0.4, -0.2) is 0 Å². The van der Waals surface area contributed by atoms with Crippen LogP contribution in [0.5, 0.6) is 0 Å². The van der Waals surface area contributed by atoms with Crippen molar-refractivity contribution < 1.29 is 0 Å². The number of benzene rings is 1. The van der Waals surface area contributed by atoms with Gasteiger partial charge in [-0.05, 0) is 42.0 Å². The molecule has 62 valence electrons. The Kier molecular flexibility index (Phi) is 1.93. The van der Waals surface area contributed by atoms with Crippen LogP contribution < -0.4 is 0 Å². The second kappa shape index (κ2) is 2.95. The van der Waals surface area contributed by atoms with Gasteiger partial charge in [-0.1, -0.05) is 30.3 Å². The highest BCUT2D eigenvalue weighted by atomic mass is 35.5. The van der Waals surface area contributed by atoms with Crippen LogP contribution in [0.3, 0.4) is 0 Å². The van der Waals surface area contributed by atoms with Crippen molar-refractivity contribution in [2.75, 3.05) is 0 Å². The molecule has 1 aliphatic carbocycles. The van der Waals surface area contributed by atoms with Crippen LogP contribution in [-0.2, 0) is 0 Å². The summed E-state index contributed by atoms with van der Waals surface area (Å²) in [6.45, 7) is 3.78. The molecule has 1 saturated carbocycles. The lowest BCUT2D eigenvalue weighted by atomic mass is 10.0. The summed E-state index contributed by atoms with van der Waals surface area (Å²) in [6, 6.07) is 6.07. The van der Waals surface area contributed by atoms with Gasteiger partial charge >= 0.3 is 0 Å². The molecule has 12 heavy (non-hydrogen) atoms. The zero-order chi connectivity index (χ0) is 8.55. The number of rotatable bonds is 2. The van der Waals surface area contributed by atoms with E-state index in [-0.39, 0.29) is 0 Å². The van der Waals surface area contributed by atoms with Crippen LogP contribution >= 0.6 is 11.6 Å². The minimum atomic E-state index is 0.773. The zero-order valence-corrected chi connectivity index (χ0v) is 7.64. The van der Waals surface area contributed by atoms with Crippen LogP contribution in [0.25, 0.3) is 6.08 Å². The van der Waals surface area contributed by atoms with Gasteiger partial charge in [0.25, 0.3) is 0 Å². The highest BCUT2D eigenvalue weighted by Gasteiger charge is 2.24. The van der Waals surface area contributed by atoms with Crippen molar-refractivity contribution in [1.82, 2.24) is 0 Å². The highest BCUT2D eigenvalue weighted by molar-refractivity contribution is 6.30. The van der Waals surface area contributed by atoms with Crippen LogP contribution in [0.1, 0.15) is 29.9 Å². The van der Waals surface area contributed by atoms with E-state index in [0.717, 1.165) is 10.9 Å². The normalized spacial score (nSPS) is 16.1. The summed E-state index contributed by atoms with van der Waals surface area (Å²) in [5.41, 5.74) is 2.61. The molecule has 0 amide bonds. The smallest absolute Gasteiger partial charge is 0.0412 e. The maximum atomic E-state index is 5.87. The maximum absolute atomic E-state index is 5.87. The SMILES string of the molecule is C=Cc1cc(Cl)ccc1C1CC1. The van der Waals surface area contributed by atoms with E-state index in [4.69, 9.17) is 11.6 Å². The van der Waals surface area contributed by atoms with Crippen molar-refractivity contribution in [1.29, 1.82) is 0 Å². The molecule has 0 radical (unpaired) electrons. The lowest BCUT2D eigenvalue weighted by Crippen LogP contribution is -1.84. The summed E-state index contributed by atoms with van der Waals surface area (Å²) in [5, 5.41) is 0.800. The molecule has 1 aromatic rings. The fourth-order valence-electron chi connectivity index (χ4n) is 1.49. The minimum absolute atomic E-state index is 0.773. The fourth-order valence-corrected chi connectivity index (χ4v) is 1.67. The number of hydrogen-bond acceptors (Lipinski definition) is 0. The first kappa shape index (κ1) is 7.88. The molecule has 0 aliphatic heterocycles. The first-order chi connectivity index (χ1) is 5.81. The minimum Gasteiger partial charge on any atom is -0.0985 e. The van der Waals surface area contributed by atoms with E-state index in [1.807, 2.05) is 18.2 Å². The summed E-state index contributed by atoms with van der Waals surface area (Å²) in [6.07, 6.45) is 4.53. The van der Waals surface area contributed by atoms with E-state index in [0.29, 0.717) is 0 Å². The molecule has 0 nitrogen and oxygen atoms in total. The van der Waals surface area contributed by atoms with Gasteiger partial charge in [-0.3, -0.25) is 0 Å². The van der Waals surface area contributed by atoms with E-state index in [9.17, 15) is 0 Å². The third-order valence-electron chi connectivity index (χ3n) is 2.29. The number of halogens is 1. The Morgan fingerprint density at radius 3 is 2.75 bits per heavy atom. The highest BCUT2D eigenvalue weighted by Crippen LogP contribution is 2.42. The summed E-state index contributed by atoms with van der Waals surface area (Å²) < 4.78 is 0. The van der Waals surface area contributed by atoms with Gasteiger partial charge in [0.05, 0.1) is 0 Å². The van der Waals surface area contributed by atoms with Gasteiger partial charge in [0, 0.05) is 5.02 Å². The predicted octanol–water partition coefficient (Wildman–Crippen LogP) is 3.86. The van der Waals surface area contributed by atoms with Gasteiger partial charge in [0.2, 0.25) is 0 Å². The van der Waals surface area contributed by atoms with E-state index in [2.05, 4.69) is 12.6 Å². The van der Waals surface area contributed by atoms with Gasteiger partial charge in [0.1, 0.15) is 0 Å². The third-order valence-corrected chi connectivity index (χ3v) is 2.52. The molecule has 0 saturated heterocycles. The van der Waals surface area contributed by atoms with Crippen molar-refractivity contribution in [3.8, 4) is 0 Å². The van der Waals surface area contributed by atoms with Crippen molar-refractivity contribution in [3.63, 3.8) is 0 Å². The van der Waals surface area contributed by atoms with E-state index in [1.165, 1.54) is 24.0 Å². The fraction of sp³-hybridized carbons (Fsp3) is 0.273. The van der Waals surface area contributed by atoms with Crippen molar-refractivity contribution in [3.05, 3.63) is 40.9 Å². The molecular formula is C11H11Cl. The van der Waals surface area contributed by atoms with E-state index < -0.39 is 0 Å². The van der Waals surface area contributed by atoms with Crippen LogP contribution in [0.4, 0.5) is 0 Å². The molecule has 1 fully saturated rings. The van der Waals surface area contributed by atoms with Crippen LogP contribution in [0.2, 0.25) is 5.02 Å². The molecule has 1 heteroatoms. The standard InChI is InChI=1S/C11H11Cl/c1-2-8-7-10(12)5-6-11(8)9-3-4-9/h2,5-7,9H,1,3-4H2. The topological polar surface area (TPSA) is 0 Å². The van der Waals surface area contributed by atoms with Gasteiger partial charge in [-0.25, -0.2) is 0 Å². The van der Waals surface area contributed by atoms with Gasteiger partial charge in [-0.15, -0.1) is 0 Å². The Morgan fingerprint density at radius 1 is 1.42 bits per heavy atom. The first-order valence-corrected chi connectivity index (χ1v) is 4.61. The summed E-state index contributed by atoms with van der Waals surface area (Å²) in [7, 11) is 0. The molecule has 0 spiro atoms. The van der Waals surface area contributed by atoms with Crippen molar-refractivity contribution in [2.24, 2.45) is 0 Å². The van der Waals surface area contributed by atoms with Crippen LogP contribution in [0.15, 0.2) is 24.8 Å². The largest absolute Gasteiger partial charge is 0.0985 e. The summed E-state index contributed by atoms with van der Waals surface area (Å²) in [5.74, 6) is 0.773. The molecule has 1 aromatic carbocycles. The average Bonchev–Trinajstić information content (AvgIpc) is 2.87. The molecule has 2 rings (SSSR count). The lowest BCUT2D eigenvalue weighted by molar-refractivity contribution is 1.12. The Bertz CT molecular complexity index is 311. The molecule has 0 heterocycles. The predicted molar refractivity (Wildman–Crippen MR) is 53.5 cm³/mol. The second-order valence-corrected chi connectivity index (χ2v) is 3.69. The van der Waals surface area contributed by atoms with Crippen molar-refractivity contribution >= 4 is 17.7 Å². The summed E-state index contributed by atoms with van der Waals surface area (Å²) in [4.78, 5) is 0. The third kappa shape index (κ3) is 1.39. The Hall–Kier alpha value is -0.750. The van der Waals surface area contributed by atoms with Crippen LogP contribution in [0, 0.1) is 0 Å². The van der Waals surface area contributed by atoms with Gasteiger partial charge in [-0.2, -0.15) is 0 Å². The number of hydrogen-bond donors (Lipinski definition) is 0. The average molecular weight is 179 g/mol. The molecule has 1 aliphatic rings. The Balaban J connectivity index is 2.44. The quantitative estimate of drug-likeness (QED) is 0.645. The Labute approximate surface area is 77.9 Å². The zero-order valence-electron chi connectivity index (χ0n) is 6.89. The molecular weight excluding hydrogens is 168 g/mol. The Morgan fingerprint density at radius 2 is 2.17 bits per heavy atom. The molecule has 0 aromatic heterocycles. The van der Waals surface area contributed by atoms with Gasteiger partial charge < -0.3 is 0 Å². The molecule has 0 unspecified atom stereocenters. The molecule has 0 atom stereocenters.